The Balaban J connectivity index is 5.31. The molecule has 0 aromatic rings. The molecule has 0 aliphatic carbocycles. The second-order valence-corrected chi connectivity index (χ2v) is 3.95. The van der Waals surface area contributed by atoms with Crippen molar-refractivity contribution in [1.29, 1.82) is 0 Å². The van der Waals surface area contributed by atoms with E-state index in [-0.39, 0.29) is 6.61 Å². The van der Waals surface area contributed by atoms with E-state index in [0.29, 0.717) is 0 Å². The van der Waals surface area contributed by atoms with Gasteiger partial charge in [-0.2, -0.15) is 0 Å². The number of rotatable bonds is 7. The molecule has 106 valence electrons. The molecule has 0 bridgehead atoms. The van der Waals surface area contributed by atoms with Crippen molar-refractivity contribution in [3.05, 3.63) is 0 Å². The molecule has 0 N–H and O–H groups in total. The van der Waals surface area contributed by atoms with Gasteiger partial charge in [0.05, 0.1) is 6.61 Å². The van der Waals surface area contributed by atoms with Crippen LogP contribution in [0.25, 0.3) is 0 Å². The standard InChI is InChI=1S/C12H17NO6/c1-6-18-11(17)12(5,9(4)16)19-13-10(7(2)14)8(3)15/h6H2,1-5H3. The van der Waals surface area contributed by atoms with Gasteiger partial charge in [-0.05, 0) is 20.8 Å². The zero-order valence-corrected chi connectivity index (χ0v) is 11.6. The van der Waals surface area contributed by atoms with E-state index in [1.54, 1.807) is 6.92 Å². The zero-order chi connectivity index (χ0) is 15.2. The summed E-state index contributed by atoms with van der Waals surface area (Å²) in [6.45, 7) is 6.15. The van der Waals surface area contributed by atoms with E-state index in [1.807, 2.05) is 0 Å². The van der Waals surface area contributed by atoms with Gasteiger partial charge < -0.3 is 9.57 Å². The number of carbonyl (C=O) groups is 4. The number of hydrogen-bond donors (Lipinski definition) is 0. The Morgan fingerprint density at radius 2 is 1.53 bits per heavy atom. The molecule has 7 heteroatoms. The molecule has 0 radical (unpaired) electrons. The molecule has 1 atom stereocenters. The number of ketones is 3. The van der Waals surface area contributed by atoms with Gasteiger partial charge >= 0.3 is 5.97 Å². The smallest absolute Gasteiger partial charge is 0.361 e. The third kappa shape index (κ3) is 4.27. The first kappa shape index (κ1) is 16.9. The number of hydrogen-bond acceptors (Lipinski definition) is 7. The molecule has 0 rings (SSSR count). The summed E-state index contributed by atoms with van der Waals surface area (Å²) in [7, 11) is 0. The molecule has 0 aromatic heterocycles. The highest BCUT2D eigenvalue weighted by Gasteiger charge is 2.43. The average Bonchev–Trinajstić information content (AvgIpc) is 2.27. The van der Waals surface area contributed by atoms with Crippen LogP contribution in [0.4, 0.5) is 0 Å². The fraction of sp³-hybridized carbons (Fsp3) is 0.583. The van der Waals surface area contributed by atoms with Crippen molar-refractivity contribution in [3.8, 4) is 0 Å². The van der Waals surface area contributed by atoms with E-state index in [0.717, 1.165) is 27.7 Å². The Kier molecular flexibility index (Phi) is 6.04. The summed E-state index contributed by atoms with van der Waals surface area (Å²) < 4.78 is 4.70. The van der Waals surface area contributed by atoms with Crippen molar-refractivity contribution in [2.45, 2.75) is 40.2 Å². The first-order chi connectivity index (χ1) is 8.66. The summed E-state index contributed by atoms with van der Waals surface area (Å²) in [5.74, 6) is -2.83. The van der Waals surface area contributed by atoms with Gasteiger partial charge in [0.25, 0.3) is 5.60 Å². The highest BCUT2D eigenvalue weighted by molar-refractivity contribution is 6.65. The molecule has 0 spiro atoms. The summed E-state index contributed by atoms with van der Waals surface area (Å²) in [6, 6.07) is 0. The topological polar surface area (TPSA) is 99.1 Å². The van der Waals surface area contributed by atoms with Gasteiger partial charge in [0.2, 0.25) is 0 Å². The molecule has 7 nitrogen and oxygen atoms in total. The van der Waals surface area contributed by atoms with Crippen LogP contribution >= 0.6 is 0 Å². The monoisotopic (exact) mass is 271 g/mol. The lowest BCUT2D eigenvalue weighted by Gasteiger charge is -2.21. The number of Topliss-reactive ketones (excluding diaryl/α,β-unsaturated/α-hetero) is 3. The van der Waals surface area contributed by atoms with Crippen LogP contribution in [0, 0.1) is 0 Å². The zero-order valence-electron chi connectivity index (χ0n) is 11.6. The van der Waals surface area contributed by atoms with Crippen molar-refractivity contribution < 1.29 is 28.8 Å². The summed E-state index contributed by atoms with van der Waals surface area (Å²) in [5.41, 5.74) is -2.46. The minimum Gasteiger partial charge on any atom is -0.463 e. The lowest BCUT2D eigenvalue weighted by molar-refractivity contribution is -0.174. The minimum atomic E-state index is -1.98. The van der Waals surface area contributed by atoms with Crippen LogP contribution in [0.15, 0.2) is 5.16 Å². The van der Waals surface area contributed by atoms with Crippen LogP contribution in [0.5, 0.6) is 0 Å². The van der Waals surface area contributed by atoms with E-state index in [9.17, 15) is 19.2 Å². The van der Waals surface area contributed by atoms with Gasteiger partial charge in [-0.15, -0.1) is 0 Å². The molecule has 0 fully saturated rings. The third-order valence-corrected chi connectivity index (χ3v) is 2.32. The van der Waals surface area contributed by atoms with Gasteiger partial charge in [0.1, 0.15) is 0 Å². The highest BCUT2D eigenvalue weighted by Crippen LogP contribution is 2.15. The molecule has 0 heterocycles. The van der Waals surface area contributed by atoms with Crippen molar-refractivity contribution >= 4 is 29.0 Å². The minimum absolute atomic E-state index is 0.0566. The first-order valence-corrected chi connectivity index (χ1v) is 5.63. The van der Waals surface area contributed by atoms with E-state index in [2.05, 4.69) is 5.16 Å². The Hall–Kier alpha value is -2.05. The average molecular weight is 271 g/mol. The lowest BCUT2D eigenvalue weighted by atomic mass is 10.0. The molecule has 0 amide bonds. The van der Waals surface area contributed by atoms with E-state index in [4.69, 9.17) is 9.57 Å². The van der Waals surface area contributed by atoms with Gasteiger partial charge in [0, 0.05) is 13.8 Å². The lowest BCUT2D eigenvalue weighted by Crippen LogP contribution is -2.45. The maximum atomic E-state index is 11.7. The molecule has 19 heavy (non-hydrogen) atoms. The number of nitrogens with zero attached hydrogens (tertiary/aromatic N) is 1. The molecular weight excluding hydrogens is 254 g/mol. The second-order valence-electron chi connectivity index (χ2n) is 3.95. The number of carbonyl (C=O) groups excluding carboxylic acids is 4. The van der Waals surface area contributed by atoms with Crippen LogP contribution in [-0.2, 0) is 28.8 Å². The molecule has 0 saturated heterocycles. The highest BCUT2D eigenvalue weighted by atomic mass is 16.7. The van der Waals surface area contributed by atoms with Crippen LogP contribution < -0.4 is 0 Å². The number of oxime groups is 1. The van der Waals surface area contributed by atoms with Crippen LogP contribution in [-0.4, -0.2) is 41.2 Å². The number of esters is 1. The quantitative estimate of drug-likeness (QED) is 0.288. The Morgan fingerprint density at radius 1 is 1.05 bits per heavy atom. The molecule has 1 unspecified atom stereocenters. The molecule has 0 saturated carbocycles. The van der Waals surface area contributed by atoms with Crippen molar-refractivity contribution in [3.63, 3.8) is 0 Å². The Bertz CT molecular complexity index is 424. The maximum absolute atomic E-state index is 11.7. The predicted molar refractivity (Wildman–Crippen MR) is 65.6 cm³/mol. The molecular formula is C12H17NO6. The summed E-state index contributed by atoms with van der Waals surface area (Å²) >= 11 is 0. The van der Waals surface area contributed by atoms with Crippen LogP contribution in [0.3, 0.4) is 0 Å². The van der Waals surface area contributed by atoms with Crippen molar-refractivity contribution in [2.24, 2.45) is 5.16 Å². The fourth-order valence-corrected chi connectivity index (χ4v) is 1.03. The SMILES string of the molecule is CCOC(=O)C(C)(ON=C(C(C)=O)C(C)=O)C(C)=O. The van der Waals surface area contributed by atoms with Gasteiger partial charge in [-0.1, -0.05) is 5.16 Å². The Labute approximate surface area is 110 Å². The molecule has 0 aromatic carbocycles. The van der Waals surface area contributed by atoms with Crippen LogP contribution in [0.1, 0.15) is 34.6 Å². The second kappa shape index (κ2) is 6.77. The van der Waals surface area contributed by atoms with Crippen molar-refractivity contribution in [2.75, 3.05) is 6.61 Å². The molecule has 0 aliphatic rings. The summed E-state index contributed by atoms with van der Waals surface area (Å²) in [6.07, 6.45) is 0. The van der Waals surface area contributed by atoms with Gasteiger partial charge in [0.15, 0.2) is 23.1 Å². The van der Waals surface area contributed by atoms with Crippen LogP contribution in [0.2, 0.25) is 0 Å². The third-order valence-electron chi connectivity index (χ3n) is 2.32. The largest absolute Gasteiger partial charge is 0.463 e. The van der Waals surface area contributed by atoms with E-state index < -0.39 is 34.6 Å². The van der Waals surface area contributed by atoms with Gasteiger partial charge in [-0.25, -0.2) is 4.79 Å². The first-order valence-electron chi connectivity index (χ1n) is 5.63. The van der Waals surface area contributed by atoms with Crippen molar-refractivity contribution in [1.82, 2.24) is 0 Å². The van der Waals surface area contributed by atoms with Gasteiger partial charge in [-0.3, -0.25) is 14.4 Å². The van der Waals surface area contributed by atoms with E-state index in [1.165, 1.54) is 0 Å². The maximum Gasteiger partial charge on any atom is 0.361 e. The molecule has 0 aliphatic heterocycles. The number of ether oxygens (including phenoxy) is 1. The summed E-state index contributed by atoms with van der Waals surface area (Å²) in [5, 5.41) is 3.32. The predicted octanol–water partition coefficient (Wildman–Crippen LogP) is 0.448. The Morgan fingerprint density at radius 3 is 1.84 bits per heavy atom. The fourth-order valence-electron chi connectivity index (χ4n) is 1.03. The summed E-state index contributed by atoms with van der Waals surface area (Å²) in [4.78, 5) is 50.2. The van der Waals surface area contributed by atoms with E-state index >= 15 is 0 Å². The normalized spacial score (nSPS) is 12.9.